The first kappa shape index (κ1) is 10.8. The van der Waals surface area contributed by atoms with E-state index in [1.54, 1.807) is 0 Å². The van der Waals surface area contributed by atoms with Crippen molar-refractivity contribution in [1.29, 1.82) is 0 Å². The molecule has 0 bridgehead atoms. The van der Waals surface area contributed by atoms with Crippen LogP contribution in [0.5, 0.6) is 0 Å². The van der Waals surface area contributed by atoms with Gasteiger partial charge < -0.3 is 0 Å². The molecule has 0 rings (SSSR count). The van der Waals surface area contributed by atoms with Gasteiger partial charge in [0, 0.05) is 0 Å². The molecule has 0 aromatic rings. The first-order valence-electron chi connectivity index (χ1n) is 1.82. The molecule has 1 N–H and O–H groups in total. The molecule has 0 aromatic heterocycles. The third-order valence-corrected chi connectivity index (χ3v) is 0.353. The summed E-state index contributed by atoms with van der Waals surface area (Å²) in [6.45, 7) is 4.12. The molecule has 0 unspecified atom stereocenters. The average molecular weight is 113 g/mol. The van der Waals surface area contributed by atoms with Crippen LogP contribution < -0.4 is 0 Å². The number of hydrogen-bond donors (Lipinski definition) is 1. The summed E-state index contributed by atoms with van der Waals surface area (Å²) >= 11 is 0. The SMILES string of the molecule is C[C](C)COO.[NaH]. The molecule has 0 aliphatic heterocycles. The monoisotopic (exact) mass is 113 g/mol. The third-order valence-electron chi connectivity index (χ3n) is 0.353. The molecule has 0 heterocycles. The standard InChI is InChI=1S/C4H9O2.Na.H/c1-4(2)3-6-5;;/h5H,3H2,1-2H3;;. The maximum absolute atomic E-state index is 7.72. The Bertz CT molecular complexity index is 30.9. The number of hydrogen-bond acceptors (Lipinski definition) is 2. The maximum atomic E-state index is 7.72. The van der Waals surface area contributed by atoms with Crippen LogP contribution in [0, 0.1) is 5.92 Å². The summed E-state index contributed by atoms with van der Waals surface area (Å²) in [6, 6.07) is 0. The van der Waals surface area contributed by atoms with Gasteiger partial charge in [-0.05, 0) is 5.92 Å². The fourth-order valence-corrected chi connectivity index (χ4v) is 0.129. The van der Waals surface area contributed by atoms with Gasteiger partial charge in [-0.2, -0.15) is 0 Å². The van der Waals surface area contributed by atoms with Crippen LogP contribution in [0.3, 0.4) is 0 Å². The summed E-state index contributed by atoms with van der Waals surface area (Å²) in [7, 11) is 0. The summed E-state index contributed by atoms with van der Waals surface area (Å²) in [5.74, 6) is 1.07. The predicted octanol–water partition coefficient (Wildman–Crippen LogP) is 0.442. The van der Waals surface area contributed by atoms with Crippen molar-refractivity contribution in [2.24, 2.45) is 0 Å². The van der Waals surface area contributed by atoms with Crippen LogP contribution in [0.1, 0.15) is 13.8 Å². The Morgan fingerprint density at radius 2 is 2.00 bits per heavy atom. The van der Waals surface area contributed by atoms with Crippen molar-refractivity contribution in [2.45, 2.75) is 13.8 Å². The van der Waals surface area contributed by atoms with Crippen molar-refractivity contribution >= 4 is 29.6 Å². The molecule has 0 amide bonds. The zero-order valence-corrected chi connectivity index (χ0v) is 4.06. The first-order chi connectivity index (χ1) is 2.77. The van der Waals surface area contributed by atoms with Gasteiger partial charge in [-0.3, -0.25) is 5.26 Å². The van der Waals surface area contributed by atoms with E-state index in [4.69, 9.17) is 5.26 Å². The second-order valence-corrected chi connectivity index (χ2v) is 1.48. The summed E-state index contributed by atoms with van der Waals surface area (Å²) in [4.78, 5) is 3.77. The van der Waals surface area contributed by atoms with Crippen LogP contribution in [0.25, 0.3) is 0 Å². The van der Waals surface area contributed by atoms with E-state index < -0.39 is 0 Å². The van der Waals surface area contributed by atoms with Gasteiger partial charge >= 0.3 is 29.6 Å². The van der Waals surface area contributed by atoms with Gasteiger partial charge in [0.2, 0.25) is 0 Å². The average Bonchev–Trinajstić information content (AvgIpc) is 1.35. The Kier molecular flexibility index (Phi) is 10.7. The Hall–Kier alpha value is 0.920. The van der Waals surface area contributed by atoms with Crippen LogP contribution in [0.15, 0.2) is 0 Å². The van der Waals surface area contributed by atoms with Crippen molar-refractivity contribution in [3.63, 3.8) is 0 Å². The molecule has 0 saturated carbocycles. The summed E-state index contributed by atoms with van der Waals surface area (Å²) in [5, 5.41) is 7.72. The van der Waals surface area contributed by atoms with E-state index in [1.807, 2.05) is 13.8 Å². The Labute approximate surface area is 66.1 Å². The molecular formula is C4H10NaO2. The molecule has 1 radical (unpaired) electrons. The second kappa shape index (κ2) is 6.92. The van der Waals surface area contributed by atoms with Gasteiger partial charge in [-0.1, -0.05) is 13.8 Å². The zero-order valence-electron chi connectivity index (χ0n) is 4.06. The molecule has 0 atom stereocenters. The van der Waals surface area contributed by atoms with Crippen LogP contribution >= 0.6 is 0 Å². The molecule has 7 heavy (non-hydrogen) atoms. The molecule has 2 nitrogen and oxygen atoms in total. The topological polar surface area (TPSA) is 29.5 Å². The molecule has 3 heteroatoms. The second-order valence-electron chi connectivity index (χ2n) is 1.48. The van der Waals surface area contributed by atoms with E-state index in [0.717, 1.165) is 5.92 Å². The molecule has 0 fully saturated rings. The van der Waals surface area contributed by atoms with Gasteiger partial charge in [0.05, 0.1) is 6.61 Å². The molecule has 0 aliphatic carbocycles. The van der Waals surface area contributed by atoms with Gasteiger partial charge in [0.15, 0.2) is 0 Å². The molecular weight excluding hydrogens is 103 g/mol. The fourth-order valence-electron chi connectivity index (χ4n) is 0.129. The minimum atomic E-state index is 0. The molecule has 0 aliphatic rings. The van der Waals surface area contributed by atoms with Crippen LogP contribution in [0.2, 0.25) is 0 Å². The molecule has 0 aromatic carbocycles. The van der Waals surface area contributed by atoms with Crippen molar-refractivity contribution in [2.75, 3.05) is 6.61 Å². The van der Waals surface area contributed by atoms with Crippen molar-refractivity contribution in [3.05, 3.63) is 5.92 Å². The van der Waals surface area contributed by atoms with E-state index in [-0.39, 0.29) is 29.6 Å². The third kappa shape index (κ3) is 10.9. The van der Waals surface area contributed by atoms with Crippen LogP contribution in [0.4, 0.5) is 0 Å². The summed E-state index contributed by atoms with van der Waals surface area (Å²) in [6.07, 6.45) is 0. The van der Waals surface area contributed by atoms with Crippen molar-refractivity contribution in [3.8, 4) is 0 Å². The van der Waals surface area contributed by atoms with E-state index in [0.29, 0.717) is 6.61 Å². The van der Waals surface area contributed by atoms with Crippen molar-refractivity contribution < 1.29 is 10.1 Å². The Balaban J connectivity index is 0. The van der Waals surface area contributed by atoms with Gasteiger partial charge in [-0.25, -0.2) is 4.89 Å². The first-order valence-corrected chi connectivity index (χ1v) is 1.82. The van der Waals surface area contributed by atoms with Crippen LogP contribution in [-0.4, -0.2) is 41.4 Å². The molecule has 0 spiro atoms. The normalized spacial score (nSPS) is 8.57. The fraction of sp³-hybridized carbons (Fsp3) is 0.750. The van der Waals surface area contributed by atoms with Gasteiger partial charge in [-0.15, -0.1) is 0 Å². The quantitative estimate of drug-likeness (QED) is 0.320. The van der Waals surface area contributed by atoms with Crippen molar-refractivity contribution in [1.82, 2.24) is 0 Å². The zero-order chi connectivity index (χ0) is 4.99. The van der Waals surface area contributed by atoms with E-state index in [9.17, 15) is 0 Å². The Morgan fingerprint density at radius 3 is 2.00 bits per heavy atom. The van der Waals surface area contributed by atoms with E-state index >= 15 is 0 Å². The van der Waals surface area contributed by atoms with Gasteiger partial charge in [0.1, 0.15) is 0 Å². The van der Waals surface area contributed by atoms with E-state index in [1.165, 1.54) is 0 Å². The predicted molar refractivity (Wildman–Crippen MR) is 30.3 cm³/mol. The Morgan fingerprint density at radius 1 is 1.57 bits per heavy atom. The number of rotatable bonds is 2. The molecule has 39 valence electrons. The minimum absolute atomic E-state index is 0. The van der Waals surface area contributed by atoms with Crippen LogP contribution in [-0.2, 0) is 4.89 Å². The van der Waals surface area contributed by atoms with Gasteiger partial charge in [0.25, 0.3) is 0 Å². The summed E-state index contributed by atoms with van der Waals surface area (Å²) in [5.41, 5.74) is 0. The van der Waals surface area contributed by atoms with E-state index in [2.05, 4.69) is 4.89 Å². The molecule has 0 saturated heterocycles. The summed E-state index contributed by atoms with van der Waals surface area (Å²) < 4.78 is 0.